The third-order valence-electron chi connectivity index (χ3n) is 2.50. The highest BCUT2D eigenvalue weighted by Crippen LogP contribution is 2.28. The van der Waals surface area contributed by atoms with Crippen LogP contribution in [0.4, 0.5) is 5.00 Å². The lowest BCUT2D eigenvalue weighted by Gasteiger charge is -2.05. The van der Waals surface area contributed by atoms with E-state index in [9.17, 15) is 9.59 Å². The number of carbonyl (C=O) groups excluding carboxylic acids is 1. The van der Waals surface area contributed by atoms with Gasteiger partial charge >= 0.3 is 5.97 Å². The molecule has 0 aromatic carbocycles. The van der Waals surface area contributed by atoms with Gasteiger partial charge in [-0.1, -0.05) is 11.6 Å². The van der Waals surface area contributed by atoms with Crippen LogP contribution in [0.15, 0.2) is 18.2 Å². The Morgan fingerprint density at radius 2 is 2.00 bits per heavy atom. The first kappa shape index (κ1) is 14.5. The number of nitrogens with one attached hydrogen (secondary N) is 1. The summed E-state index contributed by atoms with van der Waals surface area (Å²) in [5, 5.41) is 12.2. The zero-order valence-electron chi connectivity index (χ0n) is 10.7. The molecule has 0 aliphatic rings. The highest BCUT2D eigenvalue weighted by molar-refractivity contribution is 7.16. The summed E-state index contributed by atoms with van der Waals surface area (Å²) in [6.45, 7) is 3.50. The molecule has 2 aromatic heterocycles. The molecule has 0 radical (unpaired) electrons. The van der Waals surface area contributed by atoms with Gasteiger partial charge in [-0.3, -0.25) is 4.79 Å². The van der Waals surface area contributed by atoms with Crippen LogP contribution in [0.25, 0.3) is 0 Å². The van der Waals surface area contributed by atoms with Crippen molar-refractivity contribution in [2.75, 3.05) is 5.32 Å². The molecule has 104 valence electrons. The number of hydrogen-bond acceptors (Lipinski definition) is 4. The van der Waals surface area contributed by atoms with Crippen molar-refractivity contribution in [3.05, 3.63) is 45.1 Å². The monoisotopic (exact) mass is 310 g/mol. The molecule has 0 fully saturated rings. The number of aromatic carboxylic acids is 1. The summed E-state index contributed by atoms with van der Waals surface area (Å²) >= 11 is 7.01. The third kappa shape index (κ3) is 3.15. The Hall–Kier alpha value is -1.92. The van der Waals surface area contributed by atoms with Gasteiger partial charge in [-0.05, 0) is 32.0 Å². The summed E-state index contributed by atoms with van der Waals surface area (Å²) < 4.78 is 0. The van der Waals surface area contributed by atoms with Crippen LogP contribution in [-0.4, -0.2) is 22.0 Å². The van der Waals surface area contributed by atoms with E-state index < -0.39 is 11.9 Å². The molecule has 2 aromatic rings. The molecule has 0 spiro atoms. The van der Waals surface area contributed by atoms with Gasteiger partial charge < -0.3 is 10.4 Å². The molecule has 1 amide bonds. The molecule has 20 heavy (non-hydrogen) atoms. The Morgan fingerprint density at radius 3 is 2.60 bits per heavy atom. The topological polar surface area (TPSA) is 79.3 Å². The number of nitrogens with zero attached hydrogens (tertiary/aromatic N) is 1. The number of rotatable bonds is 3. The lowest BCUT2D eigenvalue weighted by atomic mass is 10.2. The number of carbonyl (C=O) groups is 2. The number of aromatic nitrogens is 1. The van der Waals surface area contributed by atoms with Crippen LogP contribution in [0.3, 0.4) is 0 Å². The highest BCUT2D eigenvalue weighted by atomic mass is 35.5. The SMILES string of the molecule is Cc1cc(C(=O)Nc2sc(C)cc2C(=O)O)cc(Cl)n1. The summed E-state index contributed by atoms with van der Waals surface area (Å²) in [6, 6.07) is 4.54. The first-order valence-electron chi connectivity index (χ1n) is 5.66. The van der Waals surface area contributed by atoms with Gasteiger partial charge in [0.1, 0.15) is 10.2 Å². The molecule has 2 heterocycles. The summed E-state index contributed by atoms with van der Waals surface area (Å²) in [5.41, 5.74) is 1.03. The molecule has 0 unspecified atom stereocenters. The number of carboxylic acids is 1. The van der Waals surface area contributed by atoms with Gasteiger partial charge in [-0.2, -0.15) is 0 Å². The molecule has 0 bridgehead atoms. The van der Waals surface area contributed by atoms with E-state index in [1.165, 1.54) is 23.5 Å². The Bertz CT molecular complexity index is 677. The van der Waals surface area contributed by atoms with Crippen LogP contribution < -0.4 is 5.32 Å². The van der Waals surface area contributed by atoms with E-state index in [0.717, 1.165) is 4.88 Å². The van der Waals surface area contributed by atoms with Gasteiger partial charge in [0.05, 0.1) is 5.56 Å². The maximum Gasteiger partial charge on any atom is 0.338 e. The second kappa shape index (κ2) is 5.60. The molecule has 0 aliphatic carbocycles. The van der Waals surface area contributed by atoms with E-state index in [0.29, 0.717) is 16.3 Å². The van der Waals surface area contributed by atoms with Crippen molar-refractivity contribution < 1.29 is 14.7 Å². The Kier molecular flexibility index (Phi) is 4.06. The first-order chi connectivity index (χ1) is 9.36. The van der Waals surface area contributed by atoms with E-state index in [4.69, 9.17) is 16.7 Å². The average Bonchev–Trinajstić information content (AvgIpc) is 2.69. The first-order valence-corrected chi connectivity index (χ1v) is 6.85. The minimum Gasteiger partial charge on any atom is -0.478 e. The highest BCUT2D eigenvalue weighted by Gasteiger charge is 2.17. The zero-order chi connectivity index (χ0) is 14.9. The summed E-state index contributed by atoms with van der Waals surface area (Å²) in [5.74, 6) is -1.49. The van der Waals surface area contributed by atoms with Crippen molar-refractivity contribution in [1.29, 1.82) is 0 Å². The summed E-state index contributed by atoms with van der Waals surface area (Å²) in [7, 11) is 0. The van der Waals surface area contributed by atoms with Crippen molar-refractivity contribution in [3.63, 3.8) is 0 Å². The maximum atomic E-state index is 12.1. The van der Waals surface area contributed by atoms with Crippen LogP contribution in [0.2, 0.25) is 5.15 Å². The second-order valence-corrected chi connectivity index (χ2v) is 5.82. The van der Waals surface area contributed by atoms with Crippen molar-refractivity contribution in [2.45, 2.75) is 13.8 Å². The van der Waals surface area contributed by atoms with Gasteiger partial charge in [-0.15, -0.1) is 11.3 Å². The minimum absolute atomic E-state index is 0.0812. The van der Waals surface area contributed by atoms with Gasteiger partial charge in [0, 0.05) is 16.1 Å². The fourth-order valence-corrected chi connectivity index (χ4v) is 2.85. The van der Waals surface area contributed by atoms with E-state index in [-0.39, 0.29) is 10.7 Å². The molecule has 2 N–H and O–H groups in total. The molecular weight excluding hydrogens is 300 g/mol. The molecule has 0 saturated carbocycles. The van der Waals surface area contributed by atoms with E-state index in [1.54, 1.807) is 19.9 Å². The number of hydrogen-bond donors (Lipinski definition) is 2. The standard InChI is InChI=1S/C13H11ClN2O3S/c1-6-3-8(5-10(14)15-6)11(17)16-12-9(13(18)19)4-7(2)20-12/h3-5H,1-2H3,(H,16,17)(H,18,19). The number of pyridine rings is 1. The van der Waals surface area contributed by atoms with Crippen molar-refractivity contribution in [3.8, 4) is 0 Å². The predicted molar refractivity (Wildman–Crippen MR) is 78.0 cm³/mol. The third-order valence-corrected chi connectivity index (χ3v) is 3.66. The number of halogens is 1. The lowest BCUT2D eigenvalue weighted by Crippen LogP contribution is -2.13. The molecule has 7 heteroatoms. The Morgan fingerprint density at radius 1 is 1.30 bits per heavy atom. The second-order valence-electron chi connectivity index (χ2n) is 4.18. The molecule has 2 rings (SSSR count). The predicted octanol–water partition coefficient (Wildman–Crippen LogP) is 3.36. The number of anilines is 1. The molecule has 5 nitrogen and oxygen atoms in total. The number of thiophene rings is 1. The quantitative estimate of drug-likeness (QED) is 0.852. The van der Waals surface area contributed by atoms with Gasteiger partial charge in [-0.25, -0.2) is 9.78 Å². The molecule has 0 aliphatic heterocycles. The zero-order valence-corrected chi connectivity index (χ0v) is 12.3. The number of amides is 1. The smallest absolute Gasteiger partial charge is 0.338 e. The fourth-order valence-electron chi connectivity index (χ4n) is 1.70. The van der Waals surface area contributed by atoms with E-state index >= 15 is 0 Å². The number of carboxylic acid groups (broad SMARTS) is 1. The largest absolute Gasteiger partial charge is 0.478 e. The summed E-state index contributed by atoms with van der Waals surface area (Å²) in [6.07, 6.45) is 0. The van der Waals surface area contributed by atoms with Gasteiger partial charge in [0.25, 0.3) is 5.91 Å². The molecule has 0 saturated heterocycles. The van der Waals surface area contributed by atoms with Crippen LogP contribution in [0, 0.1) is 13.8 Å². The van der Waals surface area contributed by atoms with Crippen LogP contribution in [0.5, 0.6) is 0 Å². The maximum absolute atomic E-state index is 12.1. The van der Waals surface area contributed by atoms with Crippen molar-refractivity contribution in [2.24, 2.45) is 0 Å². The Labute approximate surface area is 124 Å². The average molecular weight is 311 g/mol. The number of aryl methyl sites for hydroxylation is 2. The van der Waals surface area contributed by atoms with Gasteiger partial charge in [0.15, 0.2) is 0 Å². The lowest BCUT2D eigenvalue weighted by molar-refractivity contribution is 0.0698. The van der Waals surface area contributed by atoms with Crippen LogP contribution in [-0.2, 0) is 0 Å². The van der Waals surface area contributed by atoms with E-state index in [1.807, 2.05) is 0 Å². The van der Waals surface area contributed by atoms with Crippen LogP contribution in [0.1, 0.15) is 31.3 Å². The Balaban J connectivity index is 2.30. The van der Waals surface area contributed by atoms with Crippen molar-refractivity contribution in [1.82, 2.24) is 4.98 Å². The van der Waals surface area contributed by atoms with Gasteiger partial charge in [0.2, 0.25) is 0 Å². The van der Waals surface area contributed by atoms with E-state index in [2.05, 4.69) is 10.3 Å². The fraction of sp³-hybridized carbons (Fsp3) is 0.154. The normalized spacial score (nSPS) is 10.3. The minimum atomic E-state index is -1.08. The molecular formula is C13H11ClN2O3S. The van der Waals surface area contributed by atoms with Crippen LogP contribution >= 0.6 is 22.9 Å². The molecule has 0 atom stereocenters. The summed E-state index contributed by atoms with van der Waals surface area (Å²) in [4.78, 5) is 28.0. The van der Waals surface area contributed by atoms with Crippen molar-refractivity contribution >= 4 is 39.8 Å².